The van der Waals surface area contributed by atoms with Gasteiger partial charge in [-0.05, 0) is 32.4 Å². The number of hydrogen-bond donors (Lipinski definition) is 1. The molecule has 0 saturated heterocycles. The van der Waals surface area contributed by atoms with E-state index < -0.39 is 0 Å². The van der Waals surface area contributed by atoms with Crippen molar-refractivity contribution in [3.05, 3.63) is 46.1 Å². The van der Waals surface area contributed by atoms with Crippen LogP contribution in [-0.4, -0.2) is 15.0 Å². The Balaban J connectivity index is 2.10. The lowest BCUT2D eigenvalue weighted by molar-refractivity contribution is 1.01. The average Bonchev–Trinajstić information content (AvgIpc) is 2.34. The van der Waals surface area contributed by atoms with Crippen LogP contribution in [0.15, 0.2) is 18.3 Å². The van der Waals surface area contributed by atoms with E-state index in [1.165, 1.54) is 0 Å². The Morgan fingerprint density at radius 1 is 1.11 bits per heavy atom. The molecule has 0 aliphatic carbocycles. The zero-order valence-corrected chi connectivity index (χ0v) is 11.4. The summed E-state index contributed by atoms with van der Waals surface area (Å²) in [4.78, 5) is 12.8. The van der Waals surface area contributed by atoms with Crippen molar-refractivity contribution in [3.8, 4) is 0 Å². The lowest BCUT2D eigenvalue weighted by Crippen LogP contribution is -2.05. The maximum Gasteiger partial charge on any atom is 0.171 e. The molecule has 1 N–H and O–H groups in total. The molecule has 2 heterocycles. The number of nitrogens with zero attached hydrogens (tertiary/aromatic N) is 3. The van der Waals surface area contributed by atoms with E-state index in [4.69, 9.17) is 11.6 Å². The van der Waals surface area contributed by atoms with Gasteiger partial charge in [-0.2, -0.15) is 0 Å². The molecule has 18 heavy (non-hydrogen) atoms. The van der Waals surface area contributed by atoms with Crippen LogP contribution in [0.25, 0.3) is 0 Å². The molecule has 0 aliphatic heterocycles. The Morgan fingerprint density at radius 2 is 1.83 bits per heavy atom. The summed E-state index contributed by atoms with van der Waals surface area (Å²) in [6, 6.07) is 4.00. The monoisotopic (exact) mass is 262 g/mol. The van der Waals surface area contributed by atoms with Gasteiger partial charge in [0.05, 0.1) is 11.4 Å². The lowest BCUT2D eigenvalue weighted by Gasteiger charge is -2.09. The van der Waals surface area contributed by atoms with E-state index in [9.17, 15) is 0 Å². The Labute approximate surface area is 111 Å². The van der Waals surface area contributed by atoms with Crippen molar-refractivity contribution in [2.24, 2.45) is 0 Å². The molecule has 0 amide bonds. The van der Waals surface area contributed by atoms with E-state index in [1.807, 2.05) is 39.1 Å². The molecule has 94 valence electrons. The van der Waals surface area contributed by atoms with Gasteiger partial charge in [0.25, 0.3) is 0 Å². The van der Waals surface area contributed by atoms with E-state index in [1.54, 1.807) is 0 Å². The van der Waals surface area contributed by atoms with Gasteiger partial charge in [-0.15, -0.1) is 0 Å². The van der Waals surface area contributed by atoms with Crippen molar-refractivity contribution in [1.82, 2.24) is 15.0 Å². The normalized spacial score (nSPS) is 10.4. The van der Waals surface area contributed by atoms with Gasteiger partial charge in [0.2, 0.25) is 0 Å². The topological polar surface area (TPSA) is 50.7 Å². The largest absolute Gasteiger partial charge is 0.363 e. The molecule has 0 radical (unpaired) electrons. The molecular formula is C13H15ClN4. The molecule has 0 bridgehead atoms. The third-order valence-electron chi connectivity index (χ3n) is 2.70. The summed E-state index contributed by atoms with van der Waals surface area (Å²) in [6.45, 7) is 6.40. The molecular weight excluding hydrogens is 248 g/mol. The molecule has 2 aromatic heterocycles. The minimum atomic E-state index is 0.401. The van der Waals surface area contributed by atoms with Gasteiger partial charge < -0.3 is 5.32 Å². The van der Waals surface area contributed by atoms with Crippen molar-refractivity contribution < 1.29 is 0 Å². The van der Waals surface area contributed by atoms with Crippen LogP contribution in [0.5, 0.6) is 0 Å². The fraction of sp³-hybridized carbons (Fsp3) is 0.308. The highest BCUT2D eigenvalue weighted by atomic mass is 35.5. The van der Waals surface area contributed by atoms with E-state index in [0.29, 0.717) is 17.5 Å². The predicted octanol–water partition coefficient (Wildman–Crippen LogP) is 3.06. The molecule has 0 spiro atoms. The van der Waals surface area contributed by atoms with Gasteiger partial charge in [-0.1, -0.05) is 17.7 Å². The molecule has 0 aromatic carbocycles. The number of anilines is 1. The zero-order chi connectivity index (χ0) is 13.1. The first-order chi connectivity index (χ1) is 8.56. The first-order valence-electron chi connectivity index (χ1n) is 5.72. The number of aromatic nitrogens is 3. The van der Waals surface area contributed by atoms with Gasteiger partial charge in [-0.3, -0.25) is 4.98 Å². The average molecular weight is 263 g/mol. The van der Waals surface area contributed by atoms with Gasteiger partial charge in [-0.25, -0.2) is 9.97 Å². The maximum absolute atomic E-state index is 6.04. The summed E-state index contributed by atoms with van der Waals surface area (Å²) >= 11 is 6.04. The van der Waals surface area contributed by atoms with Crippen LogP contribution in [0, 0.1) is 20.8 Å². The highest BCUT2D eigenvalue weighted by Gasteiger charge is 2.06. The fourth-order valence-electron chi connectivity index (χ4n) is 1.48. The second-order valence-corrected chi connectivity index (χ2v) is 4.55. The Bertz CT molecular complexity index is 552. The molecule has 0 saturated carbocycles. The lowest BCUT2D eigenvalue weighted by atomic mass is 10.2. The van der Waals surface area contributed by atoms with Crippen LogP contribution in [0.3, 0.4) is 0 Å². The van der Waals surface area contributed by atoms with Crippen molar-refractivity contribution in [3.63, 3.8) is 0 Å². The summed E-state index contributed by atoms with van der Waals surface area (Å²) < 4.78 is 0. The van der Waals surface area contributed by atoms with Crippen LogP contribution in [0.4, 0.5) is 5.82 Å². The van der Waals surface area contributed by atoms with Crippen LogP contribution < -0.4 is 5.32 Å². The van der Waals surface area contributed by atoms with Crippen LogP contribution in [-0.2, 0) is 6.54 Å². The van der Waals surface area contributed by atoms with Gasteiger partial charge >= 0.3 is 0 Å². The van der Waals surface area contributed by atoms with E-state index in [2.05, 4.69) is 20.3 Å². The van der Waals surface area contributed by atoms with E-state index in [-0.39, 0.29) is 0 Å². The van der Waals surface area contributed by atoms with Gasteiger partial charge in [0.15, 0.2) is 11.0 Å². The molecule has 2 aromatic rings. The third kappa shape index (κ3) is 2.96. The highest BCUT2D eigenvalue weighted by molar-refractivity contribution is 6.31. The van der Waals surface area contributed by atoms with E-state index >= 15 is 0 Å². The predicted molar refractivity (Wildman–Crippen MR) is 72.8 cm³/mol. The Morgan fingerprint density at radius 3 is 2.50 bits per heavy atom. The molecule has 2 rings (SSSR count). The second-order valence-electron chi connectivity index (χ2n) is 4.20. The standard InChI is InChI=1S/C13H15ClN4/c1-8-4-5-11(6-15-8)7-16-13-12(14)17-9(2)10(3)18-13/h4-6H,7H2,1-3H3,(H,16,18). The smallest absolute Gasteiger partial charge is 0.171 e. The molecule has 5 heteroatoms. The Hall–Kier alpha value is -1.68. The van der Waals surface area contributed by atoms with Crippen molar-refractivity contribution in [2.45, 2.75) is 27.3 Å². The molecule has 0 atom stereocenters. The number of aryl methyl sites for hydroxylation is 3. The minimum Gasteiger partial charge on any atom is -0.363 e. The quantitative estimate of drug-likeness (QED) is 0.924. The van der Waals surface area contributed by atoms with Gasteiger partial charge in [0, 0.05) is 18.4 Å². The van der Waals surface area contributed by atoms with Gasteiger partial charge in [0.1, 0.15) is 0 Å². The minimum absolute atomic E-state index is 0.401. The highest BCUT2D eigenvalue weighted by Crippen LogP contribution is 2.19. The number of pyridine rings is 1. The fourth-order valence-corrected chi connectivity index (χ4v) is 1.71. The number of nitrogens with one attached hydrogen (secondary N) is 1. The second kappa shape index (κ2) is 5.31. The van der Waals surface area contributed by atoms with Crippen molar-refractivity contribution >= 4 is 17.4 Å². The van der Waals surface area contributed by atoms with E-state index in [0.717, 1.165) is 22.6 Å². The first-order valence-corrected chi connectivity index (χ1v) is 6.10. The van der Waals surface area contributed by atoms with Crippen LogP contribution in [0.2, 0.25) is 5.15 Å². The molecule has 4 nitrogen and oxygen atoms in total. The first kappa shape index (κ1) is 12.8. The summed E-state index contributed by atoms with van der Waals surface area (Å²) in [6.07, 6.45) is 1.84. The van der Waals surface area contributed by atoms with Crippen molar-refractivity contribution in [2.75, 3.05) is 5.32 Å². The zero-order valence-electron chi connectivity index (χ0n) is 10.7. The number of hydrogen-bond acceptors (Lipinski definition) is 4. The van der Waals surface area contributed by atoms with Crippen molar-refractivity contribution in [1.29, 1.82) is 0 Å². The summed E-state index contributed by atoms with van der Waals surface area (Å²) in [5, 5.41) is 3.57. The molecule has 0 fully saturated rings. The van der Waals surface area contributed by atoms with Crippen LogP contribution in [0.1, 0.15) is 22.6 Å². The number of halogens is 1. The third-order valence-corrected chi connectivity index (χ3v) is 2.96. The summed E-state index contributed by atoms with van der Waals surface area (Å²) in [5.41, 5.74) is 3.81. The molecule has 0 unspecified atom stereocenters. The number of rotatable bonds is 3. The maximum atomic E-state index is 6.04. The van der Waals surface area contributed by atoms with Crippen LogP contribution >= 0.6 is 11.6 Å². The summed E-state index contributed by atoms with van der Waals surface area (Å²) in [5.74, 6) is 0.611. The SMILES string of the molecule is Cc1ccc(CNc2nc(C)c(C)nc2Cl)cn1. The summed E-state index contributed by atoms with van der Waals surface area (Å²) in [7, 11) is 0. The Kier molecular flexibility index (Phi) is 3.77. The molecule has 0 aliphatic rings.